The van der Waals surface area contributed by atoms with Gasteiger partial charge in [-0.2, -0.15) is 0 Å². The molecule has 1 aliphatic carbocycles. The van der Waals surface area contributed by atoms with E-state index in [0.29, 0.717) is 6.42 Å². The fourth-order valence-corrected chi connectivity index (χ4v) is 3.06. The molecule has 98 valence electrons. The zero-order chi connectivity index (χ0) is 12.8. The van der Waals surface area contributed by atoms with E-state index in [2.05, 4.69) is 4.98 Å². The van der Waals surface area contributed by atoms with Gasteiger partial charge in [-0.1, -0.05) is 0 Å². The lowest BCUT2D eigenvalue weighted by atomic mass is 9.96. The van der Waals surface area contributed by atoms with Gasteiger partial charge in [-0.05, 0) is 32.1 Å². The average Bonchev–Trinajstić information content (AvgIpc) is 2.89. The SMILES string of the molecule is O=c1ccn([C@H]2CC[C@]3(CCC[C@H]3O)O2)c(=O)[nH]1. The molecule has 0 radical (unpaired) electrons. The number of ether oxygens (including phenoxy) is 1. The van der Waals surface area contributed by atoms with Crippen LogP contribution in [0.3, 0.4) is 0 Å². The first-order valence-corrected chi connectivity index (χ1v) is 6.28. The first-order valence-electron chi connectivity index (χ1n) is 6.28. The third-order valence-electron chi connectivity index (χ3n) is 4.03. The normalized spacial score (nSPS) is 35.4. The molecule has 3 atom stereocenters. The first-order chi connectivity index (χ1) is 8.61. The smallest absolute Gasteiger partial charge is 0.330 e. The number of aromatic amines is 1. The van der Waals surface area contributed by atoms with Gasteiger partial charge in [0.15, 0.2) is 0 Å². The number of nitrogens with one attached hydrogen (secondary N) is 1. The van der Waals surface area contributed by atoms with Crippen LogP contribution in [0.1, 0.15) is 38.3 Å². The van der Waals surface area contributed by atoms with Crippen molar-refractivity contribution in [3.05, 3.63) is 33.1 Å². The summed E-state index contributed by atoms with van der Waals surface area (Å²) < 4.78 is 7.31. The summed E-state index contributed by atoms with van der Waals surface area (Å²) in [6, 6.07) is 1.31. The van der Waals surface area contributed by atoms with Gasteiger partial charge >= 0.3 is 5.69 Å². The van der Waals surface area contributed by atoms with Gasteiger partial charge in [0.2, 0.25) is 0 Å². The number of aliphatic hydroxyl groups excluding tert-OH is 1. The lowest BCUT2D eigenvalue weighted by Crippen LogP contribution is -2.38. The van der Waals surface area contributed by atoms with Crippen LogP contribution in [-0.2, 0) is 4.74 Å². The van der Waals surface area contributed by atoms with E-state index in [9.17, 15) is 14.7 Å². The second-order valence-electron chi connectivity index (χ2n) is 5.10. The molecule has 2 fully saturated rings. The fourth-order valence-electron chi connectivity index (χ4n) is 3.06. The van der Waals surface area contributed by atoms with Gasteiger partial charge < -0.3 is 9.84 Å². The standard InChI is InChI=1S/C12H16N2O4/c15-8-2-1-5-12(8)6-3-10(18-12)14-7-4-9(16)13-11(14)17/h4,7-8,10,15H,1-3,5-6H2,(H,13,16,17)/t8-,10-,12+/m1/s1. The van der Waals surface area contributed by atoms with Gasteiger partial charge in [0.05, 0.1) is 11.7 Å². The van der Waals surface area contributed by atoms with Crippen molar-refractivity contribution in [1.29, 1.82) is 0 Å². The molecule has 0 amide bonds. The van der Waals surface area contributed by atoms with E-state index < -0.39 is 23.0 Å². The van der Waals surface area contributed by atoms with Crippen molar-refractivity contribution in [1.82, 2.24) is 9.55 Å². The number of nitrogens with zero attached hydrogens (tertiary/aromatic N) is 1. The van der Waals surface area contributed by atoms with Crippen molar-refractivity contribution in [3.63, 3.8) is 0 Å². The Hall–Kier alpha value is -1.40. The minimum Gasteiger partial charge on any atom is -0.390 e. The van der Waals surface area contributed by atoms with Crippen LogP contribution in [0.4, 0.5) is 0 Å². The highest BCUT2D eigenvalue weighted by Crippen LogP contribution is 2.46. The zero-order valence-electron chi connectivity index (χ0n) is 9.96. The second kappa shape index (κ2) is 4.07. The maximum atomic E-state index is 11.7. The summed E-state index contributed by atoms with van der Waals surface area (Å²) in [6.45, 7) is 0. The lowest BCUT2D eigenvalue weighted by molar-refractivity contribution is -0.121. The Morgan fingerprint density at radius 3 is 2.89 bits per heavy atom. The van der Waals surface area contributed by atoms with Crippen molar-refractivity contribution in [3.8, 4) is 0 Å². The Balaban J connectivity index is 1.88. The third kappa shape index (κ3) is 1.72. The van der Waals surface area contributed by atoms with E-state index >= 15 is 0 Å². The van der Waals surface area contributed by atoms with Crippen LogP contribution in [-0.4, -0.2) is 26.4 Å². The van der Waals surface area contributed by atoms with Gasteiger partial charge in [0.25, 0.3) is 5.56 Å². The molecule has 6 nitrogen and oxygen atoms in total. The van der Waals surface area contributed by atoms with Crippen LogP contribution in [0.25, 0.3) is 0 Å². The predicted molar refractivity (Wildman–Crippen MR) is 63.3 cm³/mol. The van der Waals surface area contributed by atoms with E-state index in [-0.39, 0.29) is 6.23 Å². The minimum atomic E-state index is -0.486. The quantitative estimate of drug-likeness (QED) is 0.744. The summed E-state index contributed by atoms with van der Waals surface area (Å²) in [6.07, 6.45) is 4.60. The van der Waals surface area contributed by atoms with E-state index in [0.717, 1.165) is 25.7 Å². The molecular formula is C12H16N2O4. The van der Waals surface area contributed by atoms with Crippen molar-refractivity contribution in [2.45, 2.75) is 50.0 Å². The highest BCUT2D eigenvalue weighted by Gasteiger charge is 2.49. The highest BCUT2D eigenvalue weighted by atomic mass is 16.5. The van der Waals surface area contributed by atoms with Crippen LogP contribution in [0.5, 0.6) is 0 Å². The molecule has 18 heavy (non-hydrogen) atoms. The summed E-state index contributed by atoms with van der Waals surface area (Å²) in [7, 11) is 0. The van der Waals surface area contributed by atoms with Gasteiger partial charge in [0, 0.05) is 12.3 Å². The number of hydrogen-bond acceptors (Lipinski definition) is 4. The minimum absolute atomic E-state index is 0.387. The highest BCUT2D eigenvalue weighted by molar-refractivity contribution is 4.99. The topological polar surface area (TPSA) is 84.3 Å². The molecule has 3 rings (SSSR count). The van der Waals surface area contributed by atoms with Crippen molar-refractivity contribution in [2.75, 3.05) is 0 Å². The molecule has 1 spiro atoms. The van der Waals surface area contributed by atoms with Crippen LogP contribution < -0.4 is 11.2 Å². The molecule has 0 unspecified atom stereocenters. The van der Waals surface area contributed by atoms with Crippen LogP contribution in [0.15, 0.2) is 21.9 Å². The maximum absolute atomic E-state index is 11.7. The van der Waals surface area contributed by atoms with Gasteiger partial charge in [-0.3, -0.25) is 14.3 Å². The molecule has 2 aliphatic rings. The molecule has 6 heteroatoms. The number of aromatic nitrogens is 2. The van der Waals surface area contributed by atoms with Gasteiger partial charge in [-0.25, -0.2) is 4.79 Å². The zero-order valence-corrected chi connectivity index (χ0v) is 9.96. The molecular weight excluding hydrogens is 236 g/mol. The number of H-pyrrole nitrogens is 1. The first kappa shape index (κ1) is 11.7. The summed E-state index contributed by atoms with van der Waals surface area (Å²) in [5, 5.41) is 9.99. The molecule has 1 aromatic heterocycles. The predicted octanol–water partition coefficient (Wildman–Crippen LogP) is 0.129. The maximum Gasteiger partial charge on any atom is 0.330 e. The Morgan fingerprint density at radius 2 is 2.22 bits per heavy atom. The van der Waals surface area contributed by atoms with Crippen molar-refractivity contribution in [2.24, 2.45) is 0 Å². The van der Waals surface area contributed by atoms with E-state index in [1.807, 2.05) is 0 Å². The lowest BCUT2D eigenvalue weighted by Gasteiger charge is -2.28. The number of hydrogen-bond donors (Lipinski definition) is 2. The van der Waals surface area contributed by atoms with Crippen molar-refractivity contribution >= 4 is 0 Å². The van der Waals surface area contributed by atoms with Crippen LogP contribution in [0.2, 0.25) is 0 Å². The molecule has 0 bridgehead atoms. The van der Waals surface area contributed by atoms with Gasteiger partial charge in [0.1, 0.15) is 6.23 Å². The van der Waals surface area contributed by atoms with E-state index in [4.69, 9.17) is 4.74 Å². The molecule has 2 N–H and O–H groups in total. The van der Waals surface area contributed by atoms with Crippen LogP contribution in [0, 0.1) is 0 Å². The monoisotopic (exact) mass is 252 g/mol. The molecule has 2 heterocycles. The average molecular weight is 252 g/mol. The van der Waals surface area contributed by atoms with Crippen molar-refractivity contribution < 1.29 is 9.84 Å². The summed E-state index contributed by atoms with van der Waals surface area (Å²) in [5.74, 6) is 0. The molecule has 1 saturated carbocycles. The molecule has 1 aromatic rings. The summed E-state index contributed by atoms with van der Waals surface area (Å²) in [4.78, 5) is 24.9. The van der Waals surface area contributed by atoms with Crippen LogP contribution >= 0.6 is 0 Å². The van der Waals surface area contributed by atoms with Gasteiger partial charge in [-0.15, -0.1) is 0 Å². The molecule has 1 saturated heterocycles. The largest absolute Gasteiger partial charge is 0.390 e. The summed E-state index contributed by atoms with van der Waals surface area (Å²) in [5.41, 5.74) is -1.36. The number of rotatable bonds is 1. The molecule has 1 aliphatic heterocycles. The Kier molecular flexibility index (Phi) is 2.64. The Labute approximate surface area is 103 Å². The van der Waals surface area contributed by atoms with E-state index in [1.54, 1.807) is 0 Å². The Bertz CT molecular complexity index is 564. The Morgan fingerprint density at radius 1 is 1.39 bits per heavy atom. The van der Waals surface area contributed by atoms with E-state index in [1.165, 1.54) is 16.8 Å². The summed E-state index contributed by atoms with van der Waals surface area (Å²) >= 11 is 0. The number of aliphatic hydroxyl groups is 1. The third-order valence-corrected chi connectivity index (χ3v) is 4.03. The fraction of sp³-hybridized carbons (Fsp3) is 0.667. The molecule has 0 aromatic carbocycles. The second-order valence-corrected chi connectivity index (χ2v) is 5.10.